The van der Waals surface area contributed by atoms with Crippen molar-refractivity contribution in [1.82, 2.24) is 24.5 Å². The first-order valence-electron chi connectivity index (χ1n) is 16.5. The molecule has 17 heteroatoms. The number of urea groups is 1. The van der Waals surface area contributed by atoms with Crippen molar-refractivity contribution in [3.63, 3.8) is 0 Å². The Morgan fingerprint density at radius 3 is 2.10 bits per heavy atom. The summed E-state index contributed by atoms with van der Waals surface area (Å²) in [6.07, 6.45) is 0. The molecule has 0 aliphatic carbocycles. The molecule has 14 nitrogen and oxygen atoms in total. The lowest BCUT2D eigenvalue weighted by Crippen LogP contribution is -2.55. The van der Waals surface area contributed by atoms with E-state index in [-0.39, 0.29) is 59.6 Å². The van der Waals surface area contributed by atoms with Crippen LogP contribution in [0.15, 0.2) is 70.6 Å². The van der Waals surface area contributed by atoms with Gasteiger partial charge in [0.05, 0.1) is 39.0 Å². The Kier molecular flexibility index (Phi) is 13.0. The Bertz CT molecular complexity index is 1870. The third-order valence-electron chi connectivity index (χ3n) is 8.81. The zero-order chi connectivity index (χ0) is 37.6. The largest absolute Gasteiger partial charge is 0.495 e. The van der Waals surface area contributed by atoms with Crippen LogP contribution in [0.5, 0.6) is 11.5 Å². The Morgan fingerprint density at radius 1 is 0.923 bits per heavy atom. The van der Waals surface area contributed by atoms with Crippen LogP contribution >= 0.6 is 23.2 Å². The zero-order valence-corrected chi connectivity index (χ0v) is 31.9. The maximum Gasteiger partial charge on any atom is 0.326 e. The molecule has 0 spiro atoms. The predicted molar refractivity (Wildman–Crippen MR) is 196 cm³/mol. The quantitative estimate of drug-likeness (QED) is 0.195. The molecule has 280 valence electrons. The fourth-order valence-corrected chi connectivity index (χ4v) is 7.43. The molecule has 1 saturated heterocycles. The Hall–Kier alpha value is -3.96. The van der Waals surface area contributed by atoms with Crippen molar-refractivity contribution in [2.45, 2.75) is 23.9 Å². The molecule has 3 aromatic carbocycles. The highest BCUT2D eigenvalue weighted by molar-refractivity contribution is 7.89. The summed E-state index contributed by atoms with van der Waals surface area (Å²) in [4.78, 5) is 42.8. The summed E-state index contributed by atoms with van der Waals surface area (Å²) in [5, 5.41) is 2.21. The predicted octanol–water partition coefficient (Wildman–Crippen LogP) is 4.59. The first kappa shape index (κ1) is 39.3. The number of piperazine rings is 1. The number of aliphatic imine (C=N–C) groups is 1. The van der Waals surface area contributed by atoms with Gasteiger partial charge in [-0.2, -0.15) is 4.72 Å². The van der Waals surface area contributed by atoms with Crippen molar-refractivity contribution in [2.75, 3.05) is 74.4 Å². The lowest BCUT2D eigenvalue weighted by atomic mass is 9.93. The number of amides is 3. The molecule has 52 heavy (non-hydrogen) atoms. The Labute approximate surface area is 313 Å². The van der Waals surface area contributed by atoms with Gasteiger partial charge >= 0.3 is 6.03 Å². The van der Waals surface area contributed by atoms with Crippen molar-refractivity contribution in [3.8, 4) is 11.5 Å². The number of rotatable bonds is 13. The number of ether oxygens (including phenoxy) is 3. The standard InChI is InChI=1S/C35H42Cl2N6O8S/c1-6-51-28-20-29(49-4)30(52(46,47)38-22-48-3)19-27(28)34-39-32(23-7-11-25(36)12-8-23)33(24-9-13-26(37)14-10-24)43(34)35(45)42-17-15-41(16-18-42)21-31(44)40(2)50-5/h7-14,19-20,32-33,38H,6,15-18,21-22H2,1-5H3/t32-,33+/m0/s1. The molecular formula is C35H42Cl2N6O8S. The molecule has 3 aromatic rings. The summed E-state index contributed by atoms with van der Waals surface area (Å²) < 4.78 is 46.1. The van der Waals surface area contributed by atoms with Crippen LogP contribution in [0.1, 0.15) is 35.7 Å². The van der Waals surface area contributed by atoms with Crippen molar-refractivity contribution in [2.24, 2.45) is 4.99 Å². The highest BCUT2D eigenvalue weighted by Crippen LogP contribution is 2.46. The molecule has 0 unspecified atom stereocenters. The molecule has 0 aromatic heterocycles. The van der Waals surface area contributed by atoms with Crippen LogP contribution in [0.4, 0.5) is 4.79 Å². The summed E-state index contributed by atoms with van der Waals surface area (Å²) in [5.41, 5.74) is 1.77. The second-order valence-corrected chi connectivity index (χ2v) is 14.6. The molecule has 0 radical (unpaired) electrons. The van der Waals surface area contributed by atoms with Gasteiger partial charge in [-0.3, -0.25) is 24.4 Å². The Balaban J connectivity index is 1.66. The monoisotopic (exact) mass is 776 g/mol. The van der Waals surface area contributed by atoms with Crippen molar-refractivity contribution in [3.05, 3.63) is 87.4 Å². The van der Waals surface area contributed by atoms with E-state index in [2.05, 4.69) is 4.72 Å². The first-order valence-corrected chi connectivity index (χ1v) is 18.7. The molecule has 2 heterocycles. The normalized spacial score (nSPS) is 17.9. The number of nitrogens with one attached hydrogen (secondary N) is 1. The first-order chi connectivity index (χ1) is 24.9. The third kappa shape index (κ3) is 8.63. The highest BCUT2D eigenvalue weighted by Gasteiger charge is 2.45. The minimum Gasteiger partial charge on any atom is -0.495 e. The second kappa shape index (κ2) is 17.2. The fraction of sp³-hybridized carbons (Fsp3) is 0.400. The van der Waals surface area contributed by atoms with Gasteiger partial charge in [0.2, 0.25) is 10.0 Å². The van der Waals surface area contributed by atoms with Gasteiger partial charge in [-0.15, -0.1) is 0 Å². The van der Waals surface area contributed by atoms with Crippen LogP contribution in [0.3, 0.4) is 0 Å². The van der Waals surface area contributed by atoms with Gasteiger partial charge in [-0.05, 0) is 48.4 Å². The minimum atomic E-state index is -4.17. The van der Waals surface area contributed by atoms with Gasteiger partial charge in [0, 0.05) is 56.4 Å². The van der Waals surface area contributed by atoms with E-state index in [1.807, 2.05) is 29.2 Å². The molecule has 1 N–H and O–H groups in total. The molecule has 3 amide bonds. The molecule has 2 atom stereocenters. The number of amidine groups is 1. The van der Waals surface area contributed by atoms with Crippen molar-refractivity contribution in [1.29, 1.82) is 0 Å². The molecular weight excluding hydrogens is 735 g/mol. The number of hydrogen-bond acceptors (Lipinski definition) is 10. The number of sulfonamides is 1. The van der Waals surface area contributed by atoms with E-state index < -0.39 is 22.1 Å². The number of hydroxylamine groups is 2. The molecule has 2 aliphatic rings. The molecule has 2 aliphatic heterocycles. The summed E-state index contributed by atoms with van der Waals surface area (Å²) in [7, 11) is 1.52. The van der Waals surface area contributed by atoms with Gasteiger partial charge in [-0.25, -0.2) is 18.3 Å². The summed E-state index contributed by atoms with van der Waals surface area (Å²) in [5.74, 6) is 0.274. The number of carbonyl (C=O) groups is 2. The maximum atomic E-state index is 15.0. The molecule has 0 saturated carbocycles. The van der Waals surface area contributed by atoms with E-state index in [4.69, 9.17) is 47.2 Å². The molecule has 5 rings (SSSR count). The number of methoxy groups -OCH3 is 2. The number of hydrogen-bond donors (Lipinski definition) is 1. The number of nitrogens with zero attached hydrogens (tertiary/aromatic N) is 5. The van der Waals surface area contributed by atoms with Gasteiger partial charge in [0.15, 0.2) is 0 Å². The van der Waals surface area contributed by atoms with Crippen LogP contribution in [0.2, 0.25) is 10.0 Å². The van der Waals surface area contributed by atoms with E-state index >= 15 is 0 Å². The van der Waals surface area contributed by atoms with E-state index in [1.165, 1.54) is 38.5 Å². The van der Waals surface area contributed by atoms with Gasteiger partial charge in [0.25, 0.3) is 5.91 Å². The number of halogens is 2. The van der Waals surface area contributed by atoms with E-state index in [1.54, 1.807) is 48.0 Å². The van der Waals surface area contributed by atoms with Crippen LogP contribution < -0.4 is 14.2 Å². The summed E-state index contributed by atoms with van der Waals surface area (Å²) >= 11 is 12.6. The summed E-state index contributed by atoms with van der Waals surface area (Å²) in [6, 6.07) is 15.5. The topological polar surface area (TPSA) is 143 Å². The number of carbonyl (C=O) groups excluding carboxylic acids is 2. The number of benzene rings is 3. The van der Waals surface area contributed by atoms with Gasteiger partial charge < -0.3 is 19.1 Å². The SMILES string of the molecule is CCOc1cc(OC)c(S(=O)(=O)NCOC)cc1C1=N[C@@H](c2ccc(Cl)cc2)[C@@H](c2ccc(Cl)cc2)N1C(=O)N1CCN(CC(=O)N(C)OC)CC1. The van der Waals surface area contributed by atoms with Crippen LogP contribution in [-0.4, -0.2) is 120 Å². The van der Waals surface area contributed by atoms with Crippen LogP contribution in [0, 0.1) is 0 Å². The van der Waals surface area contributed by atoms with Crippen LogP contribution in [-0.2, 0) is 24.4 Å². The Morgan fingerprint density at radius 2 is 1.54 bits per heavy atom. The van der Waals surface area contributed by atoms with Crippen molar-refractivity contribution >= 4 is 51.0 Å². The van der Waals surface area contributed by atoms with E-state index in [0.29, 0.717) is 36.2 Å². The minimum absolute atomic E-state index is 0.0283. The average molecular weight is 778 g/mol. The highest BCUT2D eigenvalue weighted by atomic mass is 35.5. The van der Waals surface area contributed by atoms with E-state index in [9.17, 15) is 18.0 Å². The molecule has 0 bridgehead atoms. The molecule has 1 fully saturated rings. The lowest BCUT2D eigenvalue weighted by molar-refractivity contribution is -0.170. The number of likely N-dealkylation sites (N-methyl/N-ethyl adjacent to an activating group) is 1. The van der Waals surface area contributed by atoms with Gasteiger partial charge in [-0.1, -0.05) is 47.5 Å². The maximum absolute atomic E-state index is 15.0. The van der Waals surface area contributed by atoms with Crippen molar-refractivity contribution < 1.29 is 37.1 Å². The lowest BCUT2D eigenvalue weighted by Gasteiger charge is -2.39. The summed E-state index contributed by atoms with van der Waals surface area (Å²) in [6.45, 7) is 3.36. The van der Waals surface area contributed by atoms with Crippen LogP contribution in [0.25, 0.3) is 0 Å². The van der Waals surface area contributed by atoms with Gasteiger partial charge in [0.1, 0.15) is 35.0 Å². The average Bonchev–Trinajstić information content (AvgIpc) is 3.54. The fourth-order valence-electron chi connectivity index (χ4n) is 6.07. The van der Waals surface area contributed by atoms with E-state index in [0.717, 1.165) is 11.1 Å². The second-order valence-electron chi connectivity index (χ2n) is 11.9. The third-order valence-corrected chi connectivity index (χ3v) is 10.7. The smallest absolute Gasteiger partial charge is 0.326 e. The zero-order valence-electron chi connectivity index (χ0n) is 29.5.